The van der Waals surface area contributed by atoms with Crippen LogP contribution in [0.3, 0.4) is 0 Å². The van der Waals surface area contributed by atoms with E-state index in [1.807, 2.05) is 72.9 Å². The zero-order valence-electron chi connectivity index (χ0n) is 18.1. The van der Waals surface area contributed by atoms with Gasteiger partial charge in [0.25, 0.3) is 0 Å². The first-order valence-electron chi connectivity index (χ1n) is 11.1. The second-order valence-electron chi connectivity index (χ2n) is 8.39. The van der Waals surface area contributed by atoms with Gasteiger partial charge in [-0.3, -0.25) is 0 Å². The van der Waals surface area contributed by atoms with Crippen molar-refractivity contribution in [3.05, 3.63) is 95.5 Å². The van der Waals surface area contributed by atoms with Crippen LogP contribution in [0.2, 0.25) is 5.15 Å². The van der Waals surface area contributed by atoms with Crippen molar-refractivity contribution in [2.45, 2.75) is 37.9 Å². The van der Waals surface area contributed by atoms with Gasteiger partial charge in [-0.2, -0.15) is 0 Å². The highest BCUT2D eigenvalue weighted by atomic mass is 35.5. The van der Waals surface area contributed by atoms with Gasteiger partial charge in [0.2, 0.25) is 0 Å². The van der Waals surface area contributed by atoms with Crippen molar-refractivity contribution in [2.24, 2.45) is 5.92 Å². The maximum atomic E-state index is 10.2. The van der Waals surface area contributed by atoms with Crippen molar-refractivity contribution in [3.8, 4) is 0 Å². The third kappa shape index (κ3) is 4.66. The lowest BCUT2D eigenvalue weighted by molar-refractivity contribution is -0.0982. The van der Waals surface area contributed by atoms with Gasteiger partial charge >= 0.3 is 0 Å². The minimum absolute atomic E-state index is 0.0239. The molecule has 2 aromatic carbocycles. The van der Waals surface area contributed by atoms with Crippen molar-refractivity contribution >= 4 is 22.6 Å². The molecular weight excluding hydrogens is 438 g/mol. The van der Waals surface area contributed by atoms with Crippen LogP contribution in [-0.2, 0) is 22.7 Å². The first-order valence-corrected chi connectivity index (χ1v) is 11.5. The molecule has 4 aromatic rings. The molecule has 1 fully saturated rings. The van der Waals surface area contributed by atoms with Gasteiger partial charge in [0.15, 0.2) is 0 Å². The largest absolute Gasteiger partial charge is 0.396 e. The van der Waals surface area contributed by atoms with Gasteiger partial charge in [0, 0.05) is 18.7 Å². The van der Waals surface area contributed by atoms with Gasteiger partial charge in [-0.1, -0.05) is 72.3 Å². The summed E-state index contributed by atoms with van der Waals surface area (Å²) in [6.45, 7) is 0.941. The van der Waals surface area contributed by atoms with E-state index in [2.05, 4.69) is 14.5 Å². The fourth-order valence-electron chi connectivity index (χ4n) is 4.69. The number of hydrogen-bond acceptors (Lipinski definition) is 5. The summed E-state index contributed by atoms with van der Waals surface area (Å²) >= 11 is 6.30. The van der Waals surface area contributed by atoms with E-state index in [9.17, 15) is 5.11 Å². The summed E-state index contributed by atoms with van der Waals surface area (Å²) in [5.41, 5.74) is 2.94. The lowest BCUT2D eigenvalue weighted by Gasteiger charge is -2.28. The van der Waals surface area contributed by atoms with E-state index in [1.165, 1.54) is 6.33 Å². The van der Waals surface area contributed by atoms with Crippen molar-refractivity contribution in [2.75, 3.05) is 6.61 Å². The van der Waals surface area contributed by atoms with Gasteiger partial charge in [-0.05, 0) is 23.6 Å². The number of benzene rings is 2. The molecule has 5 rings (SSSR count). The summed E-state index contributed by atoms with van der Waals surface area (Å²) in [7, 11) is 0. The Hall–Kier alpha value is -2.77. The van der Waals surface area contributed by atoms with E-state index < -0.39 is 0 Å². The Morgan fingerprint density at radius 3 is 2.15 bits per heavy atom. The Labute approximate surface area is 197 Å². The highest BCUT2D eigenvalue weighted by molar-refractivity contribution is 6.33. The van der Waals surface area contributed by atoms with E-state index in [4.69, 9.17) is 21.1 Å². The van der Waals surface area contributed by atoms with Crippen LogP contribution < -0.4 is 0 Å². The first kappa shape index (κ1) is 22.0. The van der Waals surface area contributed by atoms with E-state index in [1.54, 1.807) is 0 Å². The van der Waals surface area contributed by atoms with Gasteiger partial charge < -0.3 is 19.1 Å². The second-order valence-corrected chi connectivity index (χ2v) is 8.75. The van der Waals surface area contributed by atoms with Crippen molar-refractivity contribution in [1.29, 1.82) is 0 Å². The topological polar surface area (TPSA) is 69.4 Å². The Balaban J connectivity index is 1.45. The van der Waals surface area contributed by atoms with Crippen LogP contribution in [0.4, 0.5) is 0 Å². The van der Waals surface area contributed by atoms with Gasteiger partial charge in [-0.25, -0.2) is 9.97 Å². The lowest BCUT2D eigenvalue weighted by Crippen LogP contribution is -2.35. The average Bonchev–Trinajstić information content (AvgIpc) is 3.44. The Morgan fingerprint density at radius 2 is 1.52 bits per heavy atom. The normalized spacial score (nSPS) is 22.7. The van der Waals surface area contributed by atoms with Crippen molar-refractivity contribution in [3.63, 3.8) is 0 Å². The number of hydrogen-bond donors (Lipinski definition) is 1. The maximum absolute atomic E-state index is 10.2. The second kappa shape index (κ2) is 10.0. The SMILES string of the molecule is OC[C@H]1C[C@@H](n2ccc3c(Cl)ncnc32)[C@H](OCc2ccccc2)[C@@H]1OCc1ccccc1. The minimum atomic E-state index is -0.268. The standard InChI is InChI=1S/C26H26ClN3O3/c27-25-21-11-12-30(26(21)29-17-28-25)22-13-20(14-31)23(32-15-18-7-3-1-4-8-18)24(22)33-16-19-9-5-2-6-10-19/h1-12,17,20,22-24,31H,13-16H2/t20-,22-,23-,24+/m1/s1. The summed E-state index contributed by atoms with van der Waals surface area (Å²) < 4.78 is 15.0. The summed E-state index contributed by atoms with van der Waals surface area (Å²) in [5.74, 6) is -0.0609. The van der Waals surface area contributed by atoms with Crippen LogP contribution in [0.1, 0.15) is 23.6 Å². The minimum Gasteiger partial charge on any atom is -0.396 e. The molecule has 1 saturated carbocycles. The maximum Gasteiger partial charge on any atom is 0.145 e. The Morgan fingerprint density at radius 1 is 0.879 bits per heavy atom. The molecule has 0 saturated heterocycles. The van der Waals surface area contributed by atoms with Crippen LogP contribution in [0.15, 0.2) is 79.3 Å². The van der Waals surface area contributed by atoms with E-state index >= 15 is 0 Å². The molecule has 0 aliphatic heterocycles. The molecule has 0 amide bonds. The highest BCUT2D eigenvalue weighted by Gasteiger charge is 2.46. The average molecular weight is 464 g/mol. The van der Waals surface area contributed by atoms with Crippen LogP contribution >= 0.6 is 11.6 Å². The molecule has 2 heterocycles. The first-order chi connectivity index (χ1) is 16.2. The lowest BCUT2D eigenvalue weighted by atomic mass is 10.1. The third-order valence-corrected chi connectivity index (χ3v) is 6.64. The molecule has 0 bridgehead atoms. The summed E-state index contributed by atoms with van der Waals surface area (Å²) in [5, 5.41) is 11.4. The van der Waals surface area contributed by atoms with Gasteiger partial charge in [0.05, 0.1) is 30.7 Å². The van der Waals surface area contributed by atoms with Crippen LogP contribution in [0.5, 0.6) is 0 Å². The molecule has 7 heteroatoms. The molecule has 2 aromatic heterocycles. The van der Waals surface area contributed by atoms with Crippen LogP contribution in [0.25, 0.3) is 11.0 Å². The molecule has 1 aliphatic carbocycles. The van der Waals surface area contributed by atoms with Crippen LogP contribution in [0, 0.1) is 5.92 Å². The van der Waals surface area contributed by atoms with E-state index in [-0.39, 0.29) is 30.8 Å². The molecule has 1 N–H and O–H groups in total. The number of aromatic nitrogens is 3. The Kier molecular flexibility index (Phi) is 6.69. The number of rotatable bonds is 8. The van der Waals surface area contributed by atoms with Crippen molar-refractivity contribution < 1.29 is 14.6 Å². The zero-order valence-corrected chi connectivity index (χ0v) is 18.9. The smallest absolute Gasteiger partial charge is 0.145 e. The number of nitrogens with zero attached hydrogens (tertiary/aromatic N) is 3. The predicted octanol–water partition coefficient (Wildman–Crippen LogP) is 4.81. The summed E-state index contributed by atoms with van der Waals surface area (Å²) in [6, 6.07) is 22.0. The fourth-order valence-corrected chi connectivity index (χ4v) is 4.88. The number of aliphatic hydroxyl groups is 1. The number of aliphatic hydroxyl groups excluding tert-OH is 1. The number of fused-ring (bicyclic) bond motifs is 1. The molecule has 0 unspecified atom stereocenters. The Bertz CT molecular complexity index is 1190. The van der Waals surface area contributed by atoms with Gasteiger partial charge in [-0.15, -0.1) is 0 Å². The quantitative estimate of drug-likeness (QED) is 0.380. The predicted molar refractivity (Wildman–Crippen MR) is 127 cm³/mol. The van der Waals surface area contributed by atoms with E-state index in [0.717, 1.165) is 22.2 Å². The summed E-state index contributed by atoms with van der Waals surface area (Å²) in [4.78, 5) is 8.57. The van der Waals surface area contributed by atoms with Gasteiger partial charge in [0.1, 0.15) is 23.2 Å². The number of ether oxygens (including phenoxy) is 2. The zero-order chi connectivity index (χ0) is 22.6. The van der Waals surface area contributed by atoms with Crippen LogP contribution in [-0.4, -0.2) is 38.5 Å². The molecule has 170 valence electrons. The molecule has 33 heavy (non-hydrogen) atoms. The highest BCUT2D eigenvalue weighted by Crippen LogP contribution is 2.41. The fraction of sp³-hybridized carbons (Fsp3) is 0.308. The van der Waals surface area contributed by atoms with E-state index in [0.29, 0.717) is 24.8 Å². The molecule has 6 nitrogen and oxygen atoms in total. The molecule has 1 aliphatic rings. The monoisotopic (exact) mass is 463 g/mol. The molecule has 0 spiro atoms. The third-order valence-electron chi connectivity index (χ3n) is 6.33. The molecular formula is C26H26ClN3O3. The summed E-state index contributed by atoms with van der Waals surface area (Å²) in [6.07, 6.45) is 3.63. The number of halogens is 1. The molecule has 0 radical (unpaired) electrons. The molecule has 4 atom stereocenters. The van der Waals surface area contributed by atoms with Crippen molar-refractivity contribution in [1.82, 2.24) is 14.5 Å².